The van der Waals surface area contributed by atoms with Crippen LogP contribution in [0.1, 0.15) is 40.3 Å². The van der Waals surface area contributed by atoms with Gasteiger partial charge in [-0.1, -0.05) is 51.3 Å². The molecule has 0 radical (unpaired) electrons. The minimum Gasteiger partial charge on any atom is -0.351 e. The molecular formula is C27H23BrCl2N4S. The first-order chi connectivity index (χ1) is 16.8. The number of hydrogen-bond donors (Lipinski definition) is 1. The van der Waals surface area contributed by atoms with Gasteiger partial charge >= 0.3 is 0 Å². The van der Waals surface area contributed by atoms with Crippen LogP contribution in [0.2, 0.25) is 10.0 Å². The zero-order valence-corrected chi connectivity index (χ0v) is 23.3. The molecule has 3 heterocycles. The van der Waals surface area contributed by atoms with Gasteiger partial charge in [-0.2, -0.15) is 0 Å². The Bertz CT molecular complexity index is 1440. The van der Waals surface area contributed by atoms with E-state index >= 15 is 0 Å². The Morgan fingerprint density at radius 3 is 2.51 bits per heavy atom. The molecule has 4 aromatic rings. The van der Waals surface area contributed by atoms with Gasteiger partial charge < -0.3 is 14.8 Å². The fourth-order valence-corrected chi connectivity index (χ4v) is 5.82. The van der Waals surface area contributed by atoms with E-state index in [4.69, 9.17) is 35.4 Å². The van der Waals surface area contributed by atoms with Crippen molar-refractivity contribution in [3.8, 4) is 5.69 Å². The van der Waals surface area contributed by atoms with Crippen molar-refractivity contribution in [2.24, 2.45) is 0 Å². The first-order valence-electron chi connectivity index (χ1n) is 11.2. The molecule has 0 spiro atoms. The van der Waals surface area contributed by atoms with E-state index in [9.17, 15) is 0 Å². The number of hydrogen-bond acceptors (Lipinski definition) is 2. The molecular weight excluding hydrogens is 563 g/mol. The summed E-state index contributed by atoms with van der Waals surface area (Å²) in [5.41, 5.74) is 7.23. The normalized spacial score (nSPS) is 17.7. The summed E-state index contributed by atoms with van der Waals surface area (Å²) in [6.07, 6.45) is 1.82. The van der Waals surface area contributed by atoms with Crippen LogP contribution in [-0.2, 0) is 0 Å². The van der Waals surface area contributed by atoms with E-state index in [1.165, 1.54) is 0 Å². The zero-order chi connectivity index (χ0) is 24.9. The summed E-state index contributed by atoms with van der Waals surface area (Å²) in [4.78, 5) is 6.87. The van der Waals surface area contributed by atoms with Gasteiger partial charge in [0.05, 0.1) is 33.5 Å². The molecule has 1 aliphatic heterocycles. The minimum atomic E-state index is -0.128. The first kappa shape index (κ1) is 24.3. The quantitative estimate of drug-likeness (QED) is 0.246. The van der Waals surface area contributed by atoms with E-state index in [-0.39, 0.29) is 12.1 Å². The summed E-state index contributed by atoms with van der Waals surface area (Å²) < 4.78 is 3.22. The van der Waals surface area contributed by atoms with Gasteiger partial charge in [-0.05, 0) is 92.6 Å². The van der Waals surface area contributed by atoms with Crippen molar-refractivity contribution < 1.29 is 0 Å². The van der Waals surface area contributed by atoms with Crippen molar-refractivity contribution in [3.63, 3.8) is 0 Å². The molecule has 35 heavy (non-hydrogen) atoms. The molecule has 2 aromatic carbocycles. The molecule has 1 saturated heterocycles. The highest BCUT2D eigenvalue weighted by molar-refractivity contribution is 9.10. The molecule has 1 fully saturated rings. The molecule has 5 rings (SSSR count). The number of nitrogens with zero attached hydrogens (tertiary/aromatic N) is 3. The van der Waals surface area contributed by atoms with E-state index in [2.05, 4.69) is 80.7 Å². The van der Waals surface area contributed by atoms with Crippen LogP contribution in [0.5, 0.6) is 0 Å². The molecule has 0 aliphatic carbocycles. The summed E-state index contributed by atoms with van der Waals surface area (Å²) in [7, 11) is 0. The maximum absolute atomic E-state index is 6.63. The van der Waals surface area contributed by atoms with Crippen molar-refractivity contribution in [2.75, 3.05) is 4.90 Å². The van der Waals surface area contributed by atoms with Crippen molar-refractivity contribution in [3.05, 3.63) is 110 Å². The van der Waals surface area contributed by atoms with Gasteiger partial charge in [0.25, 0.3) is 0 Å². The van der Waals surface area contributed by atoms with E-state index in [1.54, 1.807) is 6.07 Å². The maximum atomic E-state index is 6.63. The smallest absolute Gasteiger partial charge is 0.174 e. The van der Waals surface area contributed by atoms with Crippen LogP contribution in [0.25, 0.3) is 5.69 Å². The zero-order valence-electron chi connectivity index (χ0n) is 19.4. The van der Waals surface area contributed by atoms with Gasteiger partial charge in [0, 0.05) is 27.7 Å². The molecule has 8 heteroatoms. The number of halogens is 3. The number of nitrogens with one attached hydrogen (secondary N) is 1. The summed E-state index contributed by atoms with van der Waals surface area (Å²) in [5, 5.41) is 5.27. The summed E-state index contributed by atoms with van der Waals surface area (Å²) in [6.45, 7) is 6.28. The molecule has 2 atom stereocenters. The Morgan fingerprint density at radius 1 is 1.00 bits per heavy atom. The second-order valence-electron chi connectivity index (χ2n) is 8.66. The Balaban J connectivity index is 1.71. The van der Waals surface area contributed by atoms with Gasteiger partial charge in [-0.25, -0.2) is 0 Å². The molecule has 4 nitrogen and oxygen atoms in total. The number of aromatic nitrogens is 2. The van der Waals surface area contributed by atoms with Crippen molar-refractivity contribution in [1.82, 2.24) is 14.9 Å². The summed E-state index contributed by atoms with van der Waals surface area (Å²) >= 11 is 22.5. The third kappa shape index (κ3) is 4.27. The number of benzene rings is 2. The molecule has 0 bridgehead atoms. The molecule has 178 valence electrons. The predicted octanol–water partition coefficient (Wildman–Crippen LogP) is 8.04. The Kier molecular flexibility index (Phi) is 6.66. The van der Waals surface area contributed by atoms with E-state index in [1.807, 2.05) is 36.5 Å². The van der Waals surface area contributed by atoms with Crippen LogP contribution in [0.15, 0.2) is 71.3 Å². The lowest BCUT2D eigenvalue weighted by molar-refractivity contribution is 0.565. The van der Waals surface area contributed by atoms with Crippen molar-refractivity contribution in [2.45, 2.75) is 32.9 Å². The number of thiocarbonyl (C=S) groups is 1. The standard InChI is InChI=1S/C27H23BrCl2N4S/c1-15-13-18(10-11-20(15)28)34-26(25(32-27(34)35)22-8-4-5-12-31-22)19-14-16(2)33(17(19)3)23-9-6-7-21(29)24(23)30/h4-14,25-26H,1-3H3,(H,32,35)/t25-,26+/m0/s1. The minimum absolute atomic E-state index is 0.115. The Morgan fingerprint density at radius 2 is 1.80 bits per heavy atom. The van der Waals surface area contributed by atoms with Crippen molar-refractivity contribution >= 4 is 62.1 Å². The monoisotopic (exact) mass is 584 g/mol. The molecule has 0 saturated carbocycles. The van der Waals surface area contributed by atoms with E-state index in [0.29, 0.717) is 15.2 Å². The lowest BCUT2D eigenvalue weighted by Gasteiger charge is -2.28. The topological polar surface area (TPSA) is 33.1 Å². The SMILES string of the molecule is Cc1cc(N2C(=S)N[C@@H](c3ccccn3)[C@H]2c2cc(C)n(-c3cccc(Cl)c3Cl)c2C)ccc1Br. The fourth-order valence-electron chi connectivity index (χ4n) is 4.85. The third-order valence-electron chi connectivity index (χ3n) is 6.48. The van der Waals surface area contributed by atoms with Crippen LogP contribution >= 0.6 is 51.3 Å². The van der Waals surface area contributed by atoms with Crippen molar-refractivity contribution in [1.29, 1.82) is 0 Å². The molecule has 1 aliphatic rings. The van der Waals surface area contributed by atoms with Gasteiger partial charge in [0.2, 0.25) is 0 Å². The van der Waals surface area contributed by atoms with Gasteiger partial charge in [0.1, 0.15) is 0 Å². The predicted molar refractivity (Wildman–Crippen MR) is 152 cm³/mol. The van der Waals surface area contributed by atoms with Crippen LogP contribution in [0.4, 0.5) is 5.69 Å². The van der Waals surface area contributed by atoms with E-state index < -0.39 is 0 Å². The highest BCUT2D eigenvalue weighted by Crippen LogP contribution is 2.44. The molecule has 1 N–H and O–H groups in total. The van der Waals surface area contributed by atoms with Gasteiger partial charge in [-0.3, -0.25) is 4.98 Å². The van der Waals surface area contributed by atoms with Crippen LogP contribution in [-0.4, -0.2) is 14.7 Å². The Hall–Kier alpha value is -2.38. The highest BCUT2D eigenvalue weighted by Gasteiger charge is 2.42. The van der Waals surface area contributed by atoms with Gasteiger partial charge in [-0.15, -0.1) is 0 Å². The van der Waals surface area contributed by atoms with Crippen LogP contribution < -0.4 is 10.2 Å². The van der Waals surface area contributed by atoms with Gasteiger partial charge in [0.15, 0.2) is 5.11 Å². The maximum Gasteiger partial charge on any atom is 0.174 e. The third-order valence-corrected chi connectivity index (χ3v) is 8.49. The van der Waals surface area contributed by atoms with E-state index in [0.717, 1.165) is 44.1 Å². The second kappa shape index (κ2) is 9.58. The molecule has 0 amide bonds. The lowest BCUT2D eigenvalue weighted by Crippen LogP contribution is -2.29. The largest absolute Gasteiger partial charge is 0.351 e. The molecule has 0 unspecified atom stereocenters. The number of aryl methyl sites for hydroxylation is 2. The Labute approximate surface area is 229 Å². The summed E-state index contributed by atoms with van der Waals surface area (Å²) in [6, 6.07) is 19.9. The van der Waals surface area contributed by atoms with Crippen LogP contribution in [0, 0.1) is 20.8 Å². The van der Waals surface area contributed by atoms with Crippen LogP contribution in [0.3, 0.4) is 0 Å². The lowest BCUT2D eigenvalue weighted by atomic mass is 9.96. The first-order valence-corrected chi connectivity index (χ1v) is 13.1. The fraction of sp³-hybridized carbons (Fsp3) is 0.185. The molecule has 2 aromatic heterocycles. The summed E-state index contributed by atoms with van der Waals surface area (Å²) in [5.74, 6) is 0. The average Bonchev–Trinajstić information content (AvgIpc) is 3.33. The number of anilines is 1. The number of pyridine rings is 1. The number of rotatable bonds is 4. The average molecular weight is 586 g/mol. The highest BCUT2D eigenvalue weighted by atomic mass is 79.9. The second-order valence-corrected chi connectivity index (χ2v) is 10.7.